The van der Waals surface area contributed by atoms with Crippen molar-refractivity contribution >= 4 is 47.8 Å². The number of fused-ring (bicyclic) bond motifs is 13. The lowest BCUT2D eigenvalue weighted by atomic mass is 9.49. The maximum atomic E-state index is 7.29. The van der Waals surface area contributed by atoms with E-state index in [0.29, 0.717) is 23.4 Å². The first-order valence-electron chi connectivity index (χ1n) is 25.4. The van der Waals surface area contributed by atoms with Crippen molar-refractivity contribution in [3.05, 3.63) is 130 Å². The first-order valence-corrected chi connectivity index (χ1v) is 29.0. The van der Waals surface area contributed by atoms with Crippen LogP contribution in [-0.2, 0) is 6.42 Å². The van der Waals surface area contributed by atoms with Gasteiger partial charge in [-0.2, -0.15) is 0 Å². The molecule has 12 rings (SSSR count). The van der Waals surface area contributed by atoms with Crippen molar-refractivity contribution in [3.63, 3.8) is 0 Å². The fraction of sp³-hybridized carbons (Fsp3) is 0.508. The number of benzene rings is 3. The van der Waals surface area contributed by atoms with Crippen molar-refractivity contribution in [2.24, 2.45) is 34.5 Å². The Hall–Kier alpha value is -4.35. The van der Waals surface area contributed by atoms with Gasteiger partial charge in [0.25, 0.3) is 0 Å². The molecule has 0 bridgehead atoms. The molecule has 4 nitrogen and oxygen atoms in total. The van der Waals surface area contributed by atoms with Crippen molar-refractivity contribution in [1.82, 2.24) is 0 Å². The second kappa shape index (κ2) is 14.3. The Morgan fingerprint density at radius 1 is 0.828 bits per heavy atom. The summed E-state index contributed by atoms with van der Waals surface area (Å²) in [5.74, 6) is 3.55. The standard InChI is InChI=1S/C59H72N3OSi/c1-11-44-54(52-40-27-26-39(40)51(52)48-31-36(33-58(2,3)4)50(34-60(44)48)64(8,9)10)55-42-29-28-41-38-21-15-18-24-49(38)63-56(41)53(42)57-61(46-22-16-17-23-47(46)62(55)57)45-30-25-37(59(5,6)7)32-43(45)35-19-13-12-14-20-35/h12-17,19-23,28-29,31-32,37,39-40,44-45,50,54-55,57H,11,18,24-27,30,33-34H2,1-10H3/q+1. The number of nitrogens with zero attached hydrogens (tertiary/aromatic N) is 3. The predicted molar refractivity (Wildman–Crippen MR) is 271 cm³/mol. The molecule has 0 radical (unpaired) electrons. The van der Waals surface area contributed by atoms with Crippen LogP contribution in [0.4, 0.5) is 11.4 Å². The average Bonchev–Trinajstić information content (AvgIpc) is 3.90. The number of hydrogen-bond donors (Lipinski definition) is 0. The molecule has 4 aromatic rings. The molecule has 5 heteroatoms. The van der Waals surface area contributed by atoms with Crippen molar-refractivity contribution in [3.8, 4) is 0 Å². The Balaban J connectivity index is 1.08. The van der Waals surface area contributed by atoms with Crippen LogP contribution in [0.2, 0.25) is 25.2 Å². The van der Waals surface area contributed by atoms with Gasteiger partial charge in [-0.25, -0.2) is 4.58 Å². The minimum absolute atomic E-state index is 0.0412. The zero-order chi connectivity index (χ0) is 44.2. The minimum Gasteiger partial charge on any atom is -0.460 e. The molecule has 8 aliphatic rings. The number of hydrogen-bond acceptors (Lipinski definition) is 3. The van der Waals surface area contributed by atoms with E-state index in [1.165, 1.54) is 82.6 Å². The third-order valence-corrected chi connectivity index (χ3v) is 20.2. The van der Waals surface area contributed by atoms with Gasteiger partial charge >= 0.3 is 0 Å². The Morgan fingerprint density at radius 3 is 2.25 bits per heavy atom. The molecule has 1 saturated carbocycles. The lowest BCUT2D eigenvalue weighted by Gasteiger charge is -2.57. The number of aryl methyl sites for hydroxylation is 1. The van der Waals surface area contributed by atoms with E-state index in [1.54, 1.807) is 16.9 Å². The van der Waals surface area contributed by atoms with E-state index in [1.807, 2.05) is 5.57 Å². The zero-order valence-corrected chi connectivity index (χ0v) is 41.5. The Morgan fingerprint density at radius 2 is 1.56 bits per heavy atom. The van der Waals surface area contributed by atoms with Gasteiger partial charge in [-0.3, -0.25) is 0 Å². The Labute approximate surface area is 384 Å². The molecule has 4 aliphatic carbocycles. The molecular weight excluding hydrogens is 795 g/mol. The van der Waals surface area contributed by atoms with Gasteiger partial charge in [0, 0.05) is 46.5 Å². The summed E-state index contributed by atoms with van der Waals surface area (Å²) in [6.07, 6.45) is 19.6. The number of furan rings is 1. The fourth-order valence-electron chi connectivity index (χ4n) is 14.6. The largest absolute Gasteiger partial charge is 0.460 e. The van der Waals surface area contributed by atoms with Gasteiger partial charge in [-0.05, 0) is 102 Å². The summed E-state index contributed by atoms with van der Waals surface area (Å²) in [6, 6.07) is 26.9. The van der Waals surface area contributed by atoms with Crippen LogP contribution in [0.15, 0.2) is 106 Å². The van der Waals surface area contributed by atoms with Crippen LogP contribution in [0.5, 0.6) is 0 Å². The van der Waals surface area contributed by atoms with Crippen LogP contribution in [0.1, 0.15) is 134 Å². The SMILES string of the molecule is CCC1C(C2c3ccc4c5c(oc4c3C3N(C4CCC(C(C)(C)C)C=C4c4ccccc4)c4ccccc4N23)CCC=C5)C2=C(C3=[N+]1CC([Si](C)(C)C)C(CC(C)(C)C)=C3)C1CCC21. The van der Waals surface area contributed by atoms with Gasteiger partial charge in [0.1, 0.15) is 24.1 Å². The molecule has 64 heavy (non-hydrogen) atoms. The van der Waals surface area contributed by atoms with Crippen LogP contribution in [0, 0.1) is 34.5 Å². The third-order valence-electron chi connectivity index (χ3n) is 17.6. The average molecular weight is 867 g/mol. The molecule has 3 aromatic carbocycles. The molecule has 0 saturated heterocycles. The summed E-state index contributed by atoms with van der Waals surface area (Å²) in [4.78, 5) is 5.89. The summed E-state index contributed by atoms with van der Waals surface area (Å²) in [6.45, 7) is 26.3. The van der Waals surface area contributed by atoms with Crippen LogP contribution < -0.4 is 9.80 Å². The van der Waals surface area contributed by atoms with E-state index in [9.17, 15) is 0 Å². The summed E-state index contributed by atoms with van der Waals surface area (Å²) >= 11 is 0. The molecule has 1 fully saturated rings. The molecule has 332 valence electrons. The van der Waals surface area contributed by atoms with Gasteiger partial charge in [0.2, 0.25) is 5.71 Å². The maximum absolute atomic E-state index is 7.29. The first kappa shape index (κ1) is 41.1. The summed E-state index contributed by atoms with van der Waals surface area (Å²) in [7, 11) is -1.55. The van der Waals surface area contributed by atoms with Crippen LogP contribution in [0.3, 0.4) is 0 Å². The van der Waals surface area contributed by atoms with Crippen molar-refractivity contribution in [1.29, 1.82) is 0 Å². The van der Waals surface area contributed by atoms with Gasteiger partial charge < -0.3 is 14.2 Å². The minimum atomic E-state index is -1.55. The van der Waals surface area contributed by atoms with E-state index in [4.69, 9.17) is 4.42 Å². The highest BCUT2D eigenvalue weighted by atomic mass is 28.3. The van der Waals surface area contributed by atoms with Crippen LogP contribution >= 0.6 is 0 Å². The fourth-order valence-corrected chi connectivity index (χ4v) is 16.6. The second-order valence-corrected chi connectivity index (χ2v) is 30.0. The van der Waals surface area contributed by atoms with Gasteiger partial charge in [0.05, 0.1) is 37.5 Å². The molecule has 4 aliphatic heterocycles. The maximum Gasteiger partial charge on any atom is 0.203 e. The number of anilines is 2. The molecule has 5 heterocycles. The third kappa shape index (κ3) is 6.00. The number of rotatable bonds is 6. The number of para-hydroxylation sites is 2. The molecule has 9 atom stereocenters. The summed E-state index contributed by atoms with van der Waals surface area (Å²) in [5, 5.41) is 1.30. The molecule has 0 N–H and O–H groups in total. The zero-order valence-electron chi connectivity index (χ0n) is 40.5. The van der Waals surface area contributed by atoms with Gasteiger partial charge in [-0.15, -0.1) is 0 Å². The second-order valence-electron chi connectivity index (χ2n) is 24.6. The highest BCUT2D eigenvalue weighted by Gasteiger charge is 2.64. The first-order chi connectivity index (χ1) is 30.6. The quantitative estimate of drug-likeness (QED) is 0.142. The molecule has 0 amide bonds. The highest BCUT2D eigenvalue weighted by Crippen LogP contribution is 2.68. The van der Waals surface area contributed by atoms with E-state index in [0.717, 1.165) is 43.1 Å². The van der Waals surface area contributed by atoms with E-state index < -0.39 is 8.07 Å². The number of allylic oxidation sites excluding steroid dienone is 4. The Kier molecular flexibility index (Phi) is 9.20. The summed E-state index contributed by atoms with van der Waals surface area (Å²) < 4.78 is 10.3. The van der Waals surface area contributed by atoms with Gasteiger partial charge in [0.15, 0.2) is 6.04 Å². The van der Waals surface area contributed by atoms with Crippen LogP contribution in [0.25, 0.3) is 22.6 Å². The highest BCUT2D eigenvalue weighted by molar-refractivity contribution is 6.78. The van der Waals surface area contributed by atoms with E-state index >= 15 is 0 Å². The predicted octanol–water partition coefficient (Wildman–Crippen LogP) is 15.0. The van der Waals surface area contributed by atoms with E-state index in [2.05, 4.69) is 174 Å². The molecule has 0 spiro atoms. The lowest BCUT2D eigenvalue weighted by molar-refractivity contribution is -0.577. The normalized spacial score (nSPS) is 30.4. The van der Waals surface area contributed by atoms with Crippen LogP contribution in [-0.4, -0.2) is 37.0 Å². The van der Waals surface area contributed by atoms with E-state index in [-0.39, 0.29) is 29.1 Å². The lowest BCUT2D eigenvalue weighted by Crippen LogP contribution is -2.59. The smallest absolute Gasteiger partial charge is 0.203 e. The van der Waals surface area contributed by atoms with Crippen molar-refractivity contribution in [2.45, 2.75) is 149 Å². The van der Waals surface area contributed by atoms with Crippen molar-refractivity contribution in [2.75, 3.05) is 16.3 Å². The topological polar surface area (TPSA) is 22.6 Å². The van der Waals surface area contributed by atoms with Crippen molar-refractivity contribution < 1.29 is 8.99 Å². The molecular formula is C59H72N3OSi+. The Bertz CT molecular complexity index is 2740. The molecule has 1 aromatic heterocycles. The monoisotopic (exact) mass is 867 g/mol. The molecule has 9 unspecified atom stereocenters. The summed E-state index contributed by atoms with van der Waals surface area (Å²) in [5.41, 5.74) is 19.2. The van der Waals surface area contributed by atoms with Gasteiger partial charge in [-0.1, -0.05) is 147 Å².